The summed E-state index contributed by atoms with van der Waals surface area (Å²) in [5.74, 6) is -0.394. The molecule has 0 bridgehead atoms. The summed E-state index contributed by atoms with van der Waals surface area (Å²) >= 11 is 12.0. The van der Waals surface area contributed by atoms with Gasteiger partial charge in [-0.05, 0) is 42.5 Å². The number of para-hydroxylation sites is 2. The first kappa shape index (κ1) is 19.6. The number of rotatable bonds is 4. The smallest absolute Gasteiger partial charge is 0.265 e. The van der Waals surface area contributed by atoms with Crippen LogP contribution < -0.4 is 5.56 Å². The highest BCUT2D eigenvalue weighted by Gasteiger charge is 2.23. The Morgan fingerprint density at radius 3 is 2.31 bits per heavy atom. The number of hydrogen-bond acceptors (Lipinski definition) is 4. The van der Waals surface area contributed by atoms with Crippen LogP contribution >= 0.6 is 23.2 Å². The van der Waals surface area contributed by atoms with Crippen molar-refractivity contribution < 1.29 is 8.42 Å². The summed E-state index contributed by atoms with van der Waals surface area (Å²) in [5, 5.41) is 0.757. The average molecular weight is 445 g/mol. The fraction of sp³-hybridized carbons (Fsp3) is 0.0476. The molecule has 1 heterocycles. The quantitative estimate of drug-likeness (QED) is 0.458. The summed E-state index contributed by atoms with van der Waals surface area (Å²) in [6.07, 6.45) is 0. The zero-order valence-corrected chi connectivity index (χ0v) is 17.2. The van der Waals surface area contributed by atoms with E-state index in [0.29, 0.717) is 21.6 Å². The number of fused-ring (bicyclic) bond motifs is 1. The molecular formula is C21H14Cl2N2O3S. The molecule has 1 aromatic heterocycles. The van der Waals surface area contributed by atoms with Crippen molar-refractivity contribution in [3.8, 4) is 5.69 Å². The van der Waals surface area contributed by atoms with E-state index in [1.54, 1.807) is 48.5 Å². The van der Waals surface area contributed by atoms with Crippen LogP contribution in [0.4, 0.5) is 0 Å². The Balaban J connectivity index is 1.94. The average Bonchev–Trinajstić information content (AvgIpc) is 2.68. The summed E-state index contributed by atoms with van der Waals surface area (Å²) in [4.78, 5) is 17.6. The maximum absolute atomic E-state index is 13.2. The number of aromatic nitrogens is 2. The van der Waals surface area contributed by atoms with Crippen LogP contribution in [-0.4, -0.2) is 18.0 Å². The Labute approximate surface area is 177 Å². The standard InChI is InChI=1S/C21H14Cl2N2O3S/c22-14-10-11-19(17(23)12-14)29(27,28)13-20-24-18-9-5-4-8-16(18)21(26)25(20)15-6-2-1-3-7-15/h1-12H,13H2. The SMILES string of the molecule is O=c1c2ccccc2nc(CS(=O)(=O)c2ccc(Cl)cc2Cl)n1-c1ccccc1. The van der Waals surface area contributed by atoms with Crippen LogP contribution in [-0.2, 0) is 15.6 Å². The lowest BCUT2D eigenvalue weighted by molar-refractivity contribution is 0.593. The molecule has 29 heavy (non-hydrogen) atoms. The summed E-state index contributed by atoms with van der Waals surface area (Å²) in [6.45, 7) is 0. The maximum Gasteiger partial charge on any atom is 0.265 e. The zero-order chi connectivity index (χ0) is 20.6. The van der Waals surface area contributed by atoms with E-state index in [9.17, 15) is 13.2 Å². The van der Waals surface area contributed by atoms with Gasteiger partial charge in [-0.25, -0.2) is 13.4 Å². The van der Waals surface area contributed by atoms with Crippen molar-refractivity contribution in [2.75, 3.05) is 0 Å². The van der Waals surface area contributed by atoms with Gasteiger partial charge in [0.15, 0.2) is 9.84 Å². The van der Waals surface area contributed by atoms with Crippen LogP contribution in [0.2, 0.25) is 10.0 Å². The first-order valence-electron chi connectivity index (χ1n) is 8.61. The van der Waals surface area contributed by atoms with Crippen LogP contribution in [0.3, 0.4) is 0 Å². The predicted molar refractivity (Wildman–Crippen MR) is 115 cm³/mol. The number of hydrogen-bond donors (Lipinski definition) is 0. The molecular weight excluding hydrogens is 431 g/mol. The second-order valence-electron chi connectivity index (χ2n) is 6.36. The number of benzene rings is 3. The van der Waals surface area contributed by atoms with Crippen LogP contribution in [0.15, 0.2) is 82.5 Å². The van der Waals surface area contributed by atoms with E-state index in [0.717, 1.165) is 0 Å². The minimum atomic E-state index is -3.89. The number of sulfone groups is 1. The van der Waals surface area contributed by atoms with Crippen LogP contribution in [0.5, 0.6) is 0 Å². The van der Waals surface area contributed by atoms with Crippen molar-refractivity contribution in [1.29, 1.82) is 0 Å². The zero-order valence-electron chi connectivity index (χ0n) is 14.9. The van der Waals surface area contributed by atoms with Crippen molar-refractivity contribution in [3.63, 3.8) is 0 Å². The first-order chi connectivity index (χ1) is 13.9. The summed E-state index contributed by atoms with van der Waals surface area (Å²) in [6, 6.07) is 19.8. The fourth-order valence-electron chi connectivity index (χ4n) is 3.09. The van der Waals surface area contributed by atoms with E-state index in [1.165, 1.54) is 22.8 Å². The highest BCUT2D eigenvalue weighted by molar-refractivity contribution is 7.90. The molecule has 0 fully saturated rings. The Morgan fingerprint density at radius 1 is 0.897 bits per heavy atom. The van der Waals surface area contributed by atoms with E-state index >= 15 is 0 Å². The van der Waals surface area contributed by atoms with E-state index < -0.39 is 15.6 Å². The van der Waals surface area contributed by atoms with E-state index in [-0.39, 0.29) is 21.3 Å². The molecule has 4 rings (SSSR count). The molecule has 0 spiro atoms. The molecule has 0 saturated heterocycles. The van der Waals surface area contributed by atoms with E-state index in [1.807, 2.05) is 6.07 Å². The van der Waals surface area contributed by atoms with Gasteiger partial charge in [-0.3, -0.25) is 9.36 Å². The van der Waals surface area contributed by atoms with E-state index in [2.05, 4.69) is 4.98 Å². The molecule has 0 unspecified atom stereocenters. The monoisotopic (exact) mass is 444 g/mol. The fourth-order valence-corrected chi connectivity index (χ4v) is 5.18. The molecule has 0 radical (unpaired) electrons. The van der Waals surface area contributed by atoms with Crippen molar-refractivity contribution >= 4 is 43.9 Å². The largest absolute Gasteiger partial charge is 0.268 e. The van der Waals surface area contributed by atoms with E-state index in [4.69, 9.17) is 23.2 Å². The van der Waals surface area contributed by atoms with Crippen molar-refractivity contribution in [2.45, 2.75) is 10.6 Å². The normalized spacial score (nSPS) is 11.7. The molecule has 0 N–H and O–H groups in total. The second kappa shape index (κ2) is 7.63. The molecule has 3 aromatic carbocycles. The van der Waals surface area contributed by atoms with Gasteiger partial charge >= 0.3 is 0 Å². The number of nitrogens with zero attached hydrogens (tertiary/aromatic N) is 2. The summed E-state index contributed by atoms with van der Waals surface area (Å²) in [7, 11) is -3.89. The van der Waals surface area contributed by atoms with Gasteiger partial charge in [0.05, 0.1) is 26.5 Å². The van der Waals surface area contributed by atoms with Crippen molar-refractivity contribution in [3.05, 3.63) is 99.0 Å². The molecule has 0 saturated carbocycles. The highest BCUT2D eigenvalue weighted by atomic mass is 35.5. The van der Waals surface area contributed by atoms with Crippen molar-refractivity contribution in [1.82, 2.24) is 9.55 Å². The van der Waals surface area contributed by atoms with Gasteiger partial charge in [0, 0.05) is 5.02 Å². The van der Waals surface area contributed by atoms with Gasteiger partial charge < -0.3 is 0 Å². The van der Waals surface area contributed by atoms with Gasteiger partial charge in [0.2, 0.25) is 0 Å². The Hall–Kier alpha value is -2.67. The Morgan fingerprint density at radius 2 is 1.59 bits per heavy atom. The second-order valence-corrected chi connectivity index (χ2v) is 9.16. The molecule has 0 atom stereocenters. The van der Waals surface area contributed by atoms with Crippen LogP contribution in [0.25, 0.3) is 16.6 Å². The number of halogens is 2. The minimum absolute atomic E-state index is 0.0203. The topological polar surface area (TPSA) is 69.0 Å². The van der Waals surface area contributed by atoms with Gasteiger partial charge in [0.1, 0.15) is 11.6 Å². The van der Waals surface area contributed by atoms with Gasteiger partial charge in [-0.15, -0.1) is 0 Å². The molecule has 5 nitrogen and oxygen atoms in total. The maximum atomic E-state index is 13.2. The predicted octanol–water partition coefficient (Wildman–Crippen LogP) is 4.67. The lowest BCUT2D eigenvalue weighted by atomic mass is 10.2. The van der Waals surface area contributed by atoms with Crippen molar-refractivity contribution in [2.24, 2.45) is 0 Å². The highest BCUT2D eigenvalue weighted by Crippen LogP contribution is 2.28. The summed E-state index contributed by atoms with van der Waals surface area (Å²) < 4.78 is 27.5. The molecule has 0 aliphatic carbocycles. The summed E-state index contributed by atoms with van der Waals surface area (Å²) in [5.41, 5.74) is 0.620. The Bertz CT molecular complexity index is 1380. The molecule has 0 amide bonds. The lowest BCUT2D eigenvalue weighted by Crippen LogP contribution is -2.25. The van der Waals surface area contributed by atoms with Gasteiger partial charge in [-0.1, -0.05) is 53.5 Å². The Kier molecular flexibility index (Phi) is 5.17. The van der Waals surface area contributed by atoms with Crippen LogP contribution in [0, 0.1) is 0 Å². The van der Waals surface area contributed by atoms with Crippen LogP contribution in [0.1, 0.15) is 5.82 Å². The third-order valence-electron chi connectivity index (χ3n) is 4.41. The van der Waals surface area contributed by atoms with Gasteiger partial charge in [-0.2, -0.15) is 0 Å². The first-order valence-corrected chi connectivity index (χ1v) is 11.0. The molecule has 8 heteroatoms. The lowest BCUT2D eigenvalue weighted by Gasteiger charge is -2.14. The molecule has 0 aliphatic rings. The van der Waals surface area contributed by atoms with Gasteiger partial charge in [0.25, 0.3) is 5.56 Å². The third kappa shape index (κ3) is 3.79. The molecule has 4 aromatic rings. The third-order valence-corrected chi connectivity index (χ3v) is 6.73. The molecule has 0 aliphatic heterocycles. The minimum Gasteiger partial charge on any atom is -0.268 e. The molecule has 146 valence electrons.